The van der Waals surface area contributed by atoms with Crippen molar-refractivity contribution >= 4 is 17.7 Å². The number of halogens is 3. The smallest absolute Gasteiger partial charge is 0.388 e. The Balaban J connectivity index is 1.81. The summed E-state index contributed by atoms with van der Waals surface area (Å²) in [7, 11) is 0. The average Bonchev–Trinajstić information content (AvgIpc) is 2.90. The minimum Gasteiger partial charge on any atom is -0.388 e. The van der Waals surface area contributed by atoms with Crippen LogP contribution in [0.5, 0.6) is 0 Å². The topological polar surface area (TPSA) is 49.3 Å². The van der Waals surface area contributed by atoms with E-state index in [0.717, 1.165) is 36.7 Å². The number of carbonyl (C=O) groups is 1. The van der Waals surface area contributed by atoms with Gasteiger partial charge in [0, 0.05) is 11.4 Å². The van der Waals surface area contributed by atoms with Gasteiger partial charge in [-0.25, -0.2) is 0 Å². The number of thioether (sulfide) groups is 1. The van der Waals surface area contributed by atoms with Gasteiger partial charge in [0.25, 0.3) is 0 Å². The third-order valence-electron chi connectivity index (χ3n) is 3.68. The highest BCUT2D eigenvalue weighted by molar-refractivity contribution is 8.00. The molecule has 1 fully saturated rings. The van der Waals surface area contributed by atoms with Gasteiger partial charge in [0.05, 0.1) is 16.9 Å². The van der Waals surface area contributed by atoms with Gasteiger partial charge in [0.2, 0.25) is 5.91 Å². The monoisotopic (exact) mass is 333 g/mol. The van der Waals surface area contributed by atoms with Crippen LogP contribution in [-0.2, 0) is 11.0 Å². The highest BCUT2D eigenvalue weighted by Crippen LogP contribution is 2.32. The first-order valence-electron chi connectivity index (χ1n) is 7.08. The molecule has 7 heteroatoms. The second-order valence-electron chi connectivity index (χ2n) is 5.52. The van der Waals surface area contributed by atoms with Crippen LogP contribution in [0.15, 0.2) is 29.2 Å². The molecule has 1 saturated carbocycles. The van der Waals surface area contributed by atoms with Crippen LogP contribution in [0.25, 0.3) is 0 Å². The summed E-state index contributed by atoms with van der Waals surface area (Å²) >= 11 is 1.05. The highest BCUT2D eigenvalue weighted by Gasteiger charge is 2.31. The second-order valence-corrected chi connectivity index (χ2v) is 6.57. The molecule has 1 amide bonds. The maximum Gasteiger partial charge on any atom is 0.416 e. The first-order valence-corrected chi connectivity index (χ1v) is 8.06. The summed E-state index contributed by atoms with van der Waals surface area (Å²) in [5.74, 6) is -0.264. The molecule has 2 rings (SSSR count). The maximum atomic E-state index is 12.6. The van der Waals surface area contributed by atoms with Crippen molar-refractivity contribution in [1.82, 2.24) is 5.32 Å². The van der Waals surface area contributed by atoms with Crippen LogP contribution in [0.4, 0.5) is 13.2 Å². The molecule has 0 saturated heterocycles. The zero-order chi connectivity index (χ0) is 16.2. The van der Waals surface area contributed by atoms with E-state index in [0.29, 0.717) is 17.7 Å². The van der Waals surface area contributed by atoms with Gasteiger partial charge in [-0.15, -0.1) is 11.8 Å². The van der Waals surface area contributed by atoms with Crippen molar-refractivity contribution in [1.29, 1.82) is 0 Å². The van der Waals surface area contributed by atoms with Gasteiger partial charge in [-0.05, 0) is 31.0 Å². The van der Waals surface area contributed by atoms with Gasteiger partial charge in [0.15, 0.2) is 0 Å². The van der Waals surface area contributed by atoms with Gasteiger partial charge in [-0.3, -0.25) is 4.79 Å². The second kappa shape index (κ2) is 6.91. The van der Waals surface area contributed by atoms with Crippen molar-refractivity contribution in [3.8, 4) is 0 Å². The number of hydrogen-bond donors (Lipinski definition) is 2. The summed E-state index contributed by atoms with van der Waals surface area (Å²) in [6.45, 7) is 0.203. The number of alkyl halides is 3. The summed E-state index contributed by atoms with van der Waals surface area (Å²) < 4.78 is 37.8. The number of amides is 1. The molecule has 3 nitrogen and oxygen atoms in total. The van der Waals surface area contributed by atoms with E-state index in [-0.39, 0.29) is 18.2 Å². The van der Waals surface area contributed by atoms with Crippen molar-refractivity contribution in [3.63, 3.8) is 0 Å². The minimum absolute atomic E-state index is 0.0252. The Morgan fingerprint density at radius 1 is 1.32 bits per heavy atom. The summed E-state index contributed by atoms with van der Waals surface area (Å²) in [5.41, 5.74) is -1.55. The average molecular weight is 333 g/mol. The summed E-state index contributed by atoms with van der Waals surface area (Å²) in [6, 6.07) is 4.89. The van der Waals surface area contributed by atoms with Crippen LogP contribution in [-0.4, -0.2) is 28.9 Å². The Bertz CT molecular complexity index is 528. The quantitative estimate of drug-likeness (QED) is 0.814. The fourth-order valence-electron chi connectivity index (χ4n) is 2.44. The van der Waals surface area contributed by atoms with Crippen LogP contribution in [0.2, 0.25) is 0 Å². The third-order valence-corrected chi connectivity index (χ3v) is 4.67. The fourth-order valence-corrected chi connectivity index (χ4v) is 3.22. The standard InChI is InChI=1S/C15H18F3NO2S/c16-15(17,18)11-4-3-5-12(8-11)22-9-13(20)19-10-14(21)6-1-2-7-14/h3-5,8,21H,1-2,6-7,9-10H2,(H,19,20). The Hall–Kier alpha value is -1.21. The van der Waals surface area contributed by atoms with Crippen molar-refractivity contribution in [2.45, 2.75) is 42.4 Å². The fraction of sp³-hybridized carbons (Fsp3) is 0.533. The molecule has 0 heterocycles. The lowest BCUT2D eigenvalue weighted by Gasteiger charge is -2.22. The minimum atomic E-state index is -4.38. The summed E-state index contributed by atoms with van der Waals surface area (Å²) in [6.07, 6.45) is -1.14. The maximum absolute atomic E-state index is 12.6. The van der Waals surface area contributed by atoms with E-state index in [1.165, 1.54) is 12.1 Å². The number of rotatable bonds is 5. The van der Waals surface area contributed by atoms with E-state index in [1.807, 2.05) is 0 Å². The first-order chi connectivity index (χ1) is 10.3. The highest BCUT2D eigenvalue weighted by atomic mass is 32.2. The zero-order valence-corrected chi connectivity index (χ0v) is 12.8. The Kier molecular flexibility index (Phi) is 5.39. The van der Waals surface area contributed by atoms with E-state index < -0.39 is 17.3 Å². The van der Waals surface area contributed by atoms with Gasteiger partial charge < -0.3 is 10.4 Å². The molecule has 0 bridgehead atoms. The van der Waals surface area contributed by atoms with Crippen LogP contribution in [0, 0.1) is 0 Å². The van der Waals surface area contributed by atoms with Crippen molar-refractivity contribution in [2.24, 2.45) is 0 Å². The molecule has 2 N–H and O–H groups in total. The molecule has 0 aromatic heterocycles. The predicted octanol–water partition coefficient (Wildman–Crippen LogP) is 3.22. The Morgan fingerprint density at radius 3 is 2.64 bits per heavy atom. The van der Waals surface area contributed by atoms with Crippen LogP contribution in [0.3, 0.4) is 0 Å². The lowest BCUT2D eigenvalue weighted by atomic mass is 10.0. The molecule has 1 aliphatic rings. The molecular formula is C15H18F3NO2S. The molecule has 1 aromatic rings. The SMILES string of the molecule is O=C(CSc1cccc(C(F)(F)F)c1)NCC1(O)CCCC1. The summed E-state index contributed by atoms with van der Waals surface area (Å²) in [4.78, 5) is 12.1. The molecule has 0 spiro atoms. The van der Waals surface area contributed by atoms with E-state index in [2.05, 4.69) is 5.32 Å². The molecular weight excluding hydrogens is 315 g/mol. The van der Waals surface area contributed by atoms with Crippen molar-refractivity contribution < 1.29 is 23.1 Å². The number of hydrogen-bond acceptors (Lipinski definition) is 3. The molecule has 22 heavy (non-hydrogen) atoms. The number of benzene rings is 1. The van der Waals surface area contributed by atoms with Crippen LogP contribution < -0.4 is 5.32 Å². The molecule has 0 radical (unpaired) electrons. The van der Waals surface area contributed by atoms with Crippen LogP contribution >= 0.6 is 11.8 Å². The predicted molar refractivity (Wildman–Crippen MR) is 78.6 cm³/mol. The van der Waals surface area contributed by atoms with Gasteiger partial charge in [-0.2, -0.15) is 13.2 Å². The Labute approximate surface area is 131 Å². The molecule has 1 aliphatic carbocycles. The van der Waals surface area contributed by atoms with Crippen molar-refractivity contribution in [2.75, 3.05) is 12.3 Å². The molecule has 0 aliphatic heterocycles. The van der Waals surface area contributed by atoms with Crippen molar-refractivity contribution in [3.05, 3.63) is 29.8 Å². The largest absolute Gasteiger partial charge is 0.416 e. The normalized spacial score (nSPS) is 17.5. The van der Waals surface area contributed by atoms with Gasteiger partial charge in [0.1, 0.15) is 0 Å². The van der Waals surface area contributed by atoms with E-state index in [9.17, 15) is 23.1 Å². The number of carbonyl (C=O) groups excluding carboxylic acids is 1. The first kappa shape index (κ1) is 17.1. The third kappa shape index (κ3) is 4.91. The van der Waals surface area contributed by atoms with E-state index >= 15 is 0 Å². The van der Waals surface area contributed by atoms with Crippen LogP contribution in [0.1, 0.15) is 31.2 Å². The number of nitrogens with one attached hydrogen (secondary N) is 1. The molecule has 1 aromatic carbocycles. The molecule has 0 unspecified atom stereocenters. The van der Waals surface area contributed by atoms with E-state index in [4.69, 9.17) is 0 Å². The summed E-state index contributed by atoms with van der Waals surface area (Å²) in [5, 5.41) is 12.8. The Morgan fingerprint density at radius 2 is 2.00 bits per heavy atom. The van der Waals surface area contributed by atoms with E-state index in [1.54, 1.807) is 0 Å². The van der Waals surface area contributed by atoms with Gasteiger partial charge in [-0.1, -0.05) is 18.9 Å². The molecule has 122 valence electrons. The lowest BCUT2D eigenvalue weighted by molar-refractivity contribution is -0.137. The zero-order valence-electron chi connectivity index (χ0n) is 11.9. The van der Waals surface area contributed by atoms with Gasteiger partial charge >= 0.3 is 6.18 Å². The molecule has 0 atom stereocenters. The lowest BCUT2D eigenvalue weighted by Crippen LogP contribution is -2.41. The number of aliphatic hydroxyl groups is 1.